The summed E-state index contributed by atoms with van der Waals surface area (Å²) >= 11 is 0. The minimum Gasteiger partial charge on any atom is -0.508 e. The van der Waals surface area contributed by atoms with Gasteiger partial charge in [0, 0.05) is 0 Å². The van der Waals surface area contributed by atoms with Gasteiger partial charge in [0.2, 0.25) is 0 Å². The maximum absolute atomic E-state index is 9.81. The highest BCUT2D eigenvalue weighted by Gasteiger charge is 2.44. The first-order chi connectivity index (χ1) is 11.8. The van der Waals surface area contributed by atoms with Crippen LogP contribution in [0.15, 0.2) is 72.8 Å². The van der Waals surface area contributed by atoms with Crippen molar-refractivity contribution in [1.82, 2.24) is 0 Å². The largest absolute Gasteiger partial charge is 0.508 e. The van der Waals surface area contributed by atoms with Crippen molar-refractivity contribution in [2.75, 3.05) is 0 Å². The van der Waals surface area contributed by atoms with Crippen LogP contribution in [0.3, 0.4) is 0 Å². The van der Waals surface area contributed by atoms with E-state index < -0.39 is 0 Å². The molecule has 0 aromatic heterocycles. The van der Waals surface area contributed by atoms with Crippen LogP contribution in [0.1, 0.15) is 46.1 Å². The van der Waals surface area contributed by atoms with Crippen LogP contribution in [0, 0.1) is 0 Å². The topological polar surface area (TPSA) is 20.2 Å². The summed E-state index contributed by atoms with van der Waals surface area (Å²) in [5, 5.41) is 9.81. The minimum absolute atomic E-state index is 0.308. The van der Waals surface area contributed by atoms with E-state index >= 15 is 0 Å². The Morgan fingerprint density at radius 1 is 0.750 bits per heavy atom. The molecule has 1 saturated carbocycles. The van der Waals surface area contributed by atoms with Crippen LogP contribution in [0.2, 0.25) is 0 Å². The van der Waals surface area contributed by atoms with Crippen molar-refractivity contribution in [3.8, 4) is 5.75 Å². The number of benzene rings is 3. The number of aromatic hydroxyl groups is 1. The first kappa shape index (κ1) is 13.6. The van der Waals surface area contributed by atoms with Crippen molar-refractivity contribution in [3.63, 3.8) is 0 Å². The first-order valence-corrected chi connectivity index (χ1v) is 8.50. The third kappa shape index (κ3) is 2.09. The highest BCUT2D eigenvalue weighted by atomic mass is 16.3. The predicted molar refractivity (Wildman–Crippen MR) is 98.1 cm³/mol. The van der Waals surface area contributed by atoms with Gasteiger partial charge in [-0.25, -0.2) is 0 Å². The molecule has 3 aromatic rings. The molecule has 1 nitrogen and oxygen atoms in total. The molecule has 0 spiro atoms. The van der Waals surface area contributed by atoms with Crippen molar-refractivity contribution in [2.45, 2.75) is 18.3 Å². The lowest BCUT2D eigenvalue weighted by Crippen LogP contribution is -1.94. The van der Waals surface area contributed by atoms with Crippen LogP contribution in [-0.2, 0) is 0 Å². The molecule has 2 atom stereocenters. The number of rotatable bonds is 1. The molecule has 116 valence electrons. The van der Waals surface area contributed by atoms with Crippen LogP contribution < -0.4 is 0 Å². The Bertz CT molecular complexity index is 914. The Hall–Kier alpha value is -2.80. The Labute approximate surface area is 141 Å². The minimum atomic E-state index is 0.308. The molecule has 2 aliphatic carbocycles. The van der Waals surface area contributed by atoms with E-state index in [1.165, 1.54) is 34.2 Å². The van der Waals surface area contributed by atoms with Crippen molar-refractivity contribution in [3.05, 3.63) is 101 Å². The van der Waals surface area contributed by atoms with E-state index in [0.29, 0.717) is 17.6 Å². The molecule has 0 bridgehead atoms. The Morgan fingerprint density at radius 2 is 1.38 bits per heavy atom. The summed E-state index contributed by atoms with van der Waals surface area (Å²) in [4.78, 5) is 0. The maximum Gasteiger partial charge on any atom is 0.116 e. The third-order valence-corrected chi connectivity index (χ3v) is 5.27. The highest BCUT2D eigenvalue weighted by molar-refractivity contribution is 5.95. The van der Waals surface area contributed by atoms with Crippen molar-refractivity contribution >= 4 is 11.6 Å². The fraction of sp³-hybridized carbons (Fsp3) is 0.130. The molecule has 0 amide bonds. The quantitative estimate of drug-likeness (QED) is 0.623. The highest BCUT2D eigenvalue weighted by Crippen LogP contribution is 2.60. The molecule has 2 aliphatic rings. The summed E-state index contributed by atoms with van der Waals surface area (Å²) in [7, 11) is 0. The van der Waals surface area contributed by atoms with Gasteiger partial charge < -0.3 is 5.11 Å². The summed E-state index contributed by atoms with van der Waals surface area (Å²) in [6.45, 7) is 0. The normalized spacial score (nSPS) is 22.2. The standard InChI is InChI=1S/C23H18O/c24-16-7-5-6-15(12-16)13-21-17-8-1-3-10-19(17)22-14-23(22)20-11-4-2-9-18(20)21/h1-13,22-24H,14H2/b21-13-/t22-,23+/m0/s1. The smallest absolute Gasteiger partial charge is 0.116 e. The molecule has 0 aliphatic heterocycles. The Kier molecular flexibility index (Phi) is 2.90. The second-order valence-corrected chi connectivity index (χ2v) is 6.78. The molecular weight excluding hydrogens is 292 g/mol. The van der Waals surface area contributed by atoms with Crippen molar-refractivity contribution in [2.24, 2.45) is 0 Å². The molecule has 1 fully saturated rings. The van der Waals surface area contributed by atoms with Crippen LogP contribution in [0.25, 0.3) is 11.6 Å². The summed E-state index contributed by atoms with van der Waals surface area (Å²) in [6.07, 6.45) is 3.47. The van der Waals surface area contributed by atoms with Crippen LogP contribution in [-0.4, -0.2) is 5.11 Å². The summed E-state index contributed by atoms with van der Waals surface area (Å²) in [6, 6.07) is 25.1. The lowest BCUT2D eigenvalue weighted by molar-refractivity contribution is 0.475. The number of hydrogen-bond acceptors (Lipinski definition) is 1. The first-order valence-electron chi connectivity index (χ1n) is 8.50. The van der Waals surface area contributed by atoms with Gasteiger partial charge in [0.1, 0.15) is 5.75 Å². The summed E-state index contributed by atoms with van der Waals surface area (Å²) in [5.74, 6) is 1.61. The SMILES string of the molecule is Oc1cccc(/C=C2\c3ccccc3[C@H]3C[C@H]3c3ccccc32)c1. The van der Waals surface area contributed by atoms with Gasteiger partial charge in [-0.3, -0.25) is 0 Å². The number of phenolic OH excluding ortho intramolecular Hbond substituents is 1. The van der Waals surface area contributed by atoms with Gasteiger partial charge in [-0.2, -0.15) is 0 Å². The Balaban J connectivity index is 1.79. The van der Waals surface area contributed by atoms with Crippen molar-refractivity contribution < 1.29 is 5.11 Å². The van der Waals surface area contributed by atoms with Crippen LogP contribution in [0.5, 0.6) is 5.75 Å². The molecule has 1 N–H and O–H groups in total. The van der Waals surface area contributed by atoms with E-state index in [2.05, 4.69) is 54.6 Å². The zero-order valence-electron chi connectivity index (χ0n) is 13.3. The number of fused-ring (bicyclic) bond motifs is 5. The molecule has 3 aromatic carbocycles. The number of phenols is 1. The zero-order valence-corrected chi connectivity index (χ0v) is 13.3. The van der Waals surface area contributed by atoms with Gasteiger partial charge in [0.15, 0.2) is 0 Å². The number of hydrogen-bond donors (Lipinski definition) is 1. The fourth-order valence-corrected chi connectivity index (χ4v) is 4.10. The molecular formula is C23H18O. The Morgan fingerprint density at radius 3 is 2.00 bits per heavy atom. The van der Waals surface area contributed by atoms with Crippen molar-refractivity contribution in [1.29, 1.82) is 0 Å². The average molecular weight is 310 g/mol. The zero-order chi connectivity index (χ0) is 16.1. The van der Waals surface area contributed by atoms with E-state index in [1.54, 1.807) is 6.07 Å². The van der Waals surface area contributed by atoms with E-state index in [-0.39, 0.29) is 0 Å². The second-order valence-electron chi connectivity index (χ2n) is 6.78. The van der Waals surface area contributed by atoms with Crippen LogP contribution in [0.4, 0.5) is 0 Å². The molecule has 1 heteroatoms. The molecule has 24 heavy (non-hydrogen) atoms. The van der Waals surface area contributed by atoms with Gasteiger partial charge in [0.25, 0.3) is 0 Å². The van der Waals surface area contributed by atoms with Crippen LogP contribution >= 0.6 is 0 Å². The van der Waals surface area contributed by atoms with Gasteiger partial charge in [0.05, 0.1) is 0 Å². The van der Waals surface area contributed by atoms with Gasteiger partial charge >= 0.3 is 0 Å². The van der Waals surface area contributed by atoms with E-state index in [9.17, 15) is 5.11 Å². The van der Waals surface area contributed by atoms with E-state index in [1.807, 2.05) is 18.2 Å². The average Bonchev–Trinajstić information content (AvgIpc) is 3.40. The van der Waals surface area contributed by atoms with Gasteiger partial charge in [-0.05, 0) is 69.9 Å². The fourth-order valence-electron chi connectivity index (χ4n) is 4.10. The summed E-state index contributed by atoms with van der Waals surface area (Å²) in [5.41, 5.74) is 7.89. The second kappa shape index (κ2) is 5.10. The molecule has 0 saturated heterocycles. The molecule has 0 unspecified atom stereocenters. The van der Waals surface area contributed by atoms with Gasteiger partial charge in [-0.1, -0.05) is 60.7 Å². The third-order valence-electron chi connectivity index (χ3n) is 5.27. The van der Waals surface area contributed by atoms with E-state index in [0.717, 1.165) is 5.56 Å². The maximum atomic E-state index is 9.81. The molecule has 0 radical (unpaired) electrons. The molecule has 0 heterocycles. The summed E-state index contributed by atoms with van der Waals surface area (Å²) < 4.78 is 0. The monoisotopic (exact) mass is 310 g/mol. The predicted octanol–water partition coefficient (Wildman–Crippen LogP) is 5.57. The van der Waals surface area contributed by atoms with E-state index in [4.69, 9.17) is 0 Å². The lowest BCUT2D eigenvalue weighted by atomic mass is 9.90. The molecule has 5 rings (SSSR count). The van der Waals surface area contributed by atoms with Gasteiger partial charge in [-0.15, -0.1) is 0 Å². The lowest BCUT2D eigenvalue weighted by Gasteiger charge is -2.14.